The molecule has 1 aromatic rings. The number of likely N-dealkylation sites (tertiary alicyclic amines) is 1. The van der Waals surface area contributed by atoms with Crippen molar-refractivity contribution in [1.82, 2.24) is 10.2 Å². The molecular formula is C22H35N3O3. The van der Waals surface area contributed by atoms with Crippen LogP contribution < -0.4 is 5.32 Å². The summed E-state index contributed by atoms with van der Waals surface area (Å²) in [4.78, 5) is 18.8. The molecule has 1 N–H and O–H groups in total. The van der Waals surface area contributed by atoms with Gasteiger partial charge in [0, 0.05) is 19.6 Å². The van der Waals surface area contributed by atoms with E-state index >= 15 is 0 Å². The lowest BCUT2D eigenvalue weighted by Crippen LogP contribution is -2.46. The Labute approximate surface area is 169 Å². The fraction of sp³-hybridized carbons (Fsp3) is 0.636. The van der Waals surface area contributed by atoms with E-state index in [0.717, 1.165) is 49.6 Å². The number of rotatable bonds is 6. The topological polar surface area (TPSA) is 63.2 Å². The Bertz CT molecular complexity index is 659. The smallest absolute Gasteiger partial charge is 0.308 e. The molecule has 1 heterocycles. The van der Waals surface area contributed by atoms with Crippen LogP contribution in [0.15, 0.2) is 29.3 Å². The zero-order chi connectivity index (χ0) is 20.6. The molecular weight excluding hydrogens is 354 g/mol. The summed E-state index contributed by atoms with van der Waals surface area (Å²) in [7, 11) is 1.46. The number of nitrogens with one attached hydrogen (secondary N) is 1. The van der Waals surface area contributed by atoms with Crippen molar-refractivity contribution in [2.24, 2.45) is 10.9 Å². The molecule has 1 saturated heterocycles. The van der Waals surface area contributed by atoms with E-state index in [4.69, 9.17) is 14.5 Å². The summed E-state index contributed by atoms with van der Waals surface area (Å²) in [6.07, 6.45) is 1.60. The van der Waals surface area contributed by atoms with Crippen molar-refractivity contribution < 1.29 is 14.3 Å². The molecule has 2 rings (SSSR count). The minimum atomic E-state index is -0.150. The number of esters is 1. The summed E-state index contributed by atoms with van der Waals surface area (Å²) in [5.74, 6) is 0.807. The number of piperidine rings is 1. The molecule has 6 heteroatoms. The lowest BCUT2D eigenvalue weighted by atomic mass is 9.97. The SMILES string of the molecule is CCNC(=NCc1cccc(COC(C)(C)C)c1)N1CCC(C(=O)OC)CC1. The second-order valence-electron chi connectivity index (χ2n) is 8.18. The van der Waals surface area contributed by atoms with Gasteiger partial charge >= 0.3 is 5.97 Å². The first-order valence-corrected chi connectivity index (χ1v) is 10.1. The average Bonchev–Trinajstić information content (AvgIpc) is 2.69. The minimum Gasteiger partial charge on any atom is -0.469 e. The normalized spacial score (nSPS) is 16.2. The number of hydrogen-bond donors (Lipinski definition) is 1. The molecule has 0 atom stereocenters. The van der Waals surface area contributed by atoms with Gasteiger partial charge in [0.2, 0.25) is 0 Å². The monoisotopic (exact) mass is 389 g/mol. The second kappa shape index (κ2) is 10.5. The molecule has 0 unspecified atom stereocenters. The summed E-state index contributed by atoms with van der Waals surface area (Å²) in [6.45, 7) is 11.9. The van der Waals surface area contributed by atoms with Gasteiger partial charge in [-0.1, -0.05) is 24.3 Å². The van der Waals surface area contributed by atoms with Crippen LogP contribution in [0.3, 0.4) is 0 Å². The predicted octanol–water partition coefficient (Wildman–Crippen LogP) is 3.35. The molecule has 0 spiro atoms. The molecule has 1 aliphatic heterocycles. The number of carbonyl (C=O) groups is 1. The van der Waals surface area contributed by atoms with Gasteiger partial charge in [-0.3, -0.25) is 4.79 Å². The molecule has 1 aromatic carbocycles. The van der Waals surface area contributed by atoms with Crippen LogP contribution in [0.4, 0.5) is 0 Å². The van der Waals surface area contributed by atoms with Gasteiger partial charge in [-0.15, -0.1) is 0 Å². The lowest BCUT2D eigenvalue weighted by molar-refractivity contribution is -0.146. The van der Waals surface area contributed by atoms with Crippen LogP contribution in [0.5, 0.6) is 0 Å². The molecule has 156 valence electrons. The fourth-order valence-electron chi connectivity index (χ4n) is 3.20. The summed E-state index contributed by atoms with van der Waals surface area (Å²) < 4.78 is 10.8. The van der Waals surface area contributed by atoms with Crippen molar-refractivity contribution in [2.45, 2.75) is 59.3 Å². The third-order valence-corrected chi connectivity index (χ3v) is 4.74. The number of ether oxygens (including phenoxy) is 2. The van der Waals surface area contributed by atoms with Crippen LogP contribution in [0.2, 0.25) is 0 Å². The molecule has 0 radical (unpaired) electrons. The highest BCUT2D eigenvalue weighted by atomic mass is 16.5. The van der Waals surface area contributed by atoms with Crippen molar-refractivity contribution in [3.63, 3.8) is 0 Å². The molecule has 1 aliphatic rings. The number of carbonyl (C=O) groups excluding carboxylic acids is 1. The van der Waals surface area contributed by atoms with Gasteiger partial charge in [-0.25, -0.2) is 4.99 Å². The number of benzene rings is 1. The highest BCUT2D eigenvalue weighted by Gasteiger charge is 2.26. The highest BCUT2D eigenvalue weighted by Crippen LogP contribution is 2.19. The third kappa shape index (κ3) is 7.15. The van der Waals surface area contributed by atoms with Gasteiger partial charge in [-0.2, -0.15) is 0 Å². The molecule has 0 aromatic heterocycles. The van der Waals surface area contributed by atoms with E-state index in [9.17, 15) is 4.79 Å². The van der Waals surface area contributed by atoms with E-state index in [1.165, 1.54) is 7.11 Å². The number of nitrogens with zero attached hydrogens (tertiary/aromatic N) is 2. The molecule has 28 heavy (non-hydrogen) atoms. The average molecular weight is 390 g/mol. The van der Waals surface area contributed by atoms with E-state index in [2.05, 4.69) is 62.2 Å². The van der Waals surface area contributed by atoms with Gasteiger partial charge in [0.25, 0.3) is 0 Å². The van der Waals surface area contributed by atoms with Crippen molar-refractivity contribution in [3.8, 4) is 0 Å². The van der Waals surface area contributed by atoms with Crippen molar-refractivity contribution >= 4 is 11.9 Å². The van der Waals surface area contributed by atoms with Gasteiger partial charge in [0.1, 0.15) is 0 Å². The first-order valence-electron chi connectivity index (χ1n) is 10.1. The van der Waals surface area contributed by atoms with E-state index in [0.29, 0.717) is 13.2 Å². The predicted molar refractivity (Wildman–Crippen MR) is 112 cm³/mol. The maximum absolute atomic E-state index is 11.7. The van der Waals surface area contributed by atoms with Crippen LogP contribution in [0.1, 0.15) is 51.7 Å². The standard InChI is InChI=1S/C22H35N3O3/c1-6-23-21(25-12-10-19(11-13-25)20(26)27-5)24-15-17-8-7-9-18(14-17)16-28-22(2,3)4/h7-9,14,19H,6,10-13,15-16H2,1-5H3,(H,23,24). The summed E-state index contributed by atoms with van der Waals surface area (Å²) >= 11 is 0. The van der Waals surface area contributed by atoms with Crippen molar-refractivity contribution in [2.75, 3.05) is 26.7 Å². The van der Waals surface area contributed by atoms with Gasteiger partial charge < -0.3 is 19.7 Å². The largest absolute Gasteiger partial charge is 0.469 e. The Morgan fingerprint density at radius 3 is 2.54 bits per heavy atom. The molecule has 0 saturated carbocycles. The van der Waals surface area contributed by atoms with Crippen LogP contribution >= 0.6 is 0 Å². The Morgan fingerprint density at radius 1 is 1.25 bits per heavy atom. The Balaban J connectivity index is 1.98. The summed E-state index contributed by atoms with van der Waals surface area (Å²) in [5.41, 5.74) is 2.17. The van der Waals surface area contributed by atoms with E-state index in [1.807, 2.05) is 0 Å². The third-order valence-electron chi connectivity index (χ3n) is 4.74. The van der Waals surface area contributed by atoms with Gasteiger partial charge in [0.15, 0.2) is 5.96 Å². The fourth-order valence-corrected chi connectivity index (χ4v) is 3.20. The first kappa shape index (κ1) is 22.2. The van der Waals surface area contributed by atoms with E-state index in [-0.39, 0.29) is 17.5 Å². The maximum Gasteiger partial charge on any atom is 0.308 e. The van der Waals surface area contributed by atoms with Gasteiger partial charge in [0.05, 0.1) is 31.8 Å². The zero-order valence-electron chi connectivity index (χ0n) is 18.0. The number of methoxy groups -OCH3 is 1. The van der Waals surface area contributed by atoms with Crippen molar-refractivity contribution in [1.29, 1.82) is 0 Å². The quantitative estimate of drug-likeness (QED) is 0.459. The molecule has 0 amide bonds. The second-order valence-corrected chi connectivity index (χ2v) is 8.18. The summed E-state index contributed by atoms with van der Waals surface area (Å²) in [5, 5.41) is 3.38. The number of aliphatic imine (C=N–C) groups is 1. The molecule has 0 bridgehead atoms. The van der Waals surface area contributed by atoms with Crippen LogP contribution in [0.25, 0.3) is 0 Å². The van der Waals surface area contributed by atoms with Crippen LogP contribution in [-0.4, -0.2) is 49.2 Å². The minimum absolute atomic E-state index is 0.00336. The number of guanidine groups is 1. The Hall–Kier alpha value is -2.08. The van der Waals surface area contributed by atoms with E-state index in [1.54, 1.807) is 0 Å². The molecule has 0 aliphatic carbocycles. The van der Waals surface area contributed by atoms with Crippen LogP contribution in [0, 0.1) is 5.92 Å². The maximum atomic E-state index is 11.7. The number of hydrogen-bond acceptors (Lipinski definition) is 4. The van der Waals surface area contributed by atoms with Crippen LogP contribution in [-0.2, 0) is 27.4 Å². The first-order chi connectivity index (χ1) is 13.3. The van der Waals surface area contributed by atoms with E-state index < -0.39 is 0 Å². The zero-order valence-corrected chi connectivity index (χ0v) is 18.0. The Morgan fingerprint density at radius 2 is 1.93 bits per heavy atom. The van der Waals surface area contributed by atoms with Gasteiger partial charge in [-0.05, 0) is 51.7 Å². The molecule has 6 nitrogen and oxygen atoms in total. The summed E-state index contributed by atoms with van der Waals surface area (Å²) in [6, 6.07) is 8.39. The Kier molecular flexibility index (Phi) is 8.30. The highest BCUT2D eigenvalue weighted by molar-refractivity contribution is 5.80. The molecule has 1 fully saturated rings. The van der Waals surface area contributed by atoms with Crippen molar-refractivity contribution in [3.05, 3.63) is 35.4 Å². The lowest BCUT2D eigenvalue weighted by Gasteiger charge is -2.33.